The molecule has 0 aromatic carbocycles. The van der Waals surface area contributed by atoms with Crippen LogP contribution in [-0.2, 0) is 21.2 Å². The summed E-state index contributed by atoms with van der Waals surface area (Å²) in [4.78, 5) is 19.5. The summed E-state index contributed by atoms with van der Waals surface area (Å²) in [5, 5.41) is 6.12. The third kappa shape index (κ3) is 5.42. The van der Waals surface area contributed by atoms with E-state index in [0.29, 0.717) is 32.5 Å². The van der Waals surface area contributed by atoms with E-state index in [0.717, 1.165) is 36.8 Å². The summed E-state index contributed by atoms with van der Waals surface area (Å²) in [5.74, 6) is -0.132. The Labute approximate surface area is 166 Å². The van der Waals surface area contributed by atoms with Crippen molar-refractivity contribution >= 4 is 32.4 Å². The van der Waals surface area contributed by atoms with Crippen molar-refractivity contribution in [1.29, 1.82) is 0 Å². The van der Waals surface area contributed by atoms with Crippen LogP contribution < -0.4 is 10.2 Å². The number of piperidine rings is 1. The summed E-state index contributed by atoms with van der Waals surface area (Å²) < 4.78 is 26.0. The zero-order valence-electron chi connectivity index (χ0n) is 16.0. The van der Waals surface area contributed by atoms with Crippen LogP contribution >= 0.6 is 11.3 Å². The quantitative estimate of drug-likeness (QED) is 0.702. The van der Waals surface area contributed by atoms with Gasteiger partial charge in [0.2, 0.25) is 15.9 Å². The monoisotopic (exact) mass is 414 g/mol. The molecule has 1 atom stereocenters. The molecular formula is C18H30N4O3S2. The Kier molecular flexibility index (Phi) is 7.10. The maximum Gasteiger partial charge on any atom is 0.224 e. The molecule has 27 heavy (non-hydrogen) atoms. The molecule has 0 aliphatic carbocycles. The van der Waals surface area contributed by atoms with Gasteiger partial charge < -0.3 is 10.2 Å². The fourth-order valence-corrected chi connectivity index (χ4v) is 6.22. The molecule has 1 unspecified atom stereocenters. The molecule has 3 rings (SSSR count). The van der Waals surface area contributed by atoms with E-state index in [1.54, 1.807) is 11.3 Å². The Bertz CT molecular complexity index is 729. The van der Waals surface area contributed by atoms with Crippen LogP contribution in [0.4, 0.5) is 5.13 Å². The maximum absolute atomic E-state index is 12.5. The highest BCUT2D eigenvalue weighted by Crippen LogP contribution is 2.24. The molecule has 152 valence electrons. The highest BCUT2D eigenvalue weighted by molar-refractivity contribution is 7.89. The highest BCUT2D eigenvalue weighted by Gasteiger charge is 2.31. The van der Waals surface area contributed by atoms with Crippen molar-refractivity contribution in [3.63, 3.8) is 0 Å². The molecule has 0 spiro atoms. The number of thiazole rings is 1. The van der Waals surface area contributed by atoms with E-state index in [-0.39, 0.29) is 17.6 Å². The second-order valence-corrected chi connectivity index (χ2v) is 10.3. The summed E-state index contributed by atoms with van der Waals surface area (Å²) >= 11 is 1.67. The largest absolute Gasteiger partial charge is 0.355 e. The Morgan fingerprint density at radius 3 is 2.81 bits per heavy atom. The zero-order chi connectivity index (χ0) is 19.3. The molecule has 0 bridgehead atoms. The van der Waals surface area contributed by atoms with Crippen LogP contribution in [0.5, 0.6) is 0 Å². The fourth-order valence-electron chi connectivity index (χ4n) is 3.72. The number of rotatable bonds is 8. The van der Waals surface area contributed by atoms with Crippen LogP contribution in [-0.4, -0.2) is 62.1 Å². The van der Waals surface area contributed by atoms with E-state index in [1.807, 2.05) is 6.92 Å². The van der Waals surface area contributed by atoms with Gasteiger partial charge in [-0.25, -0.2) is 17.7 Å². The van der Waals surface area contributed by atoms with Crippen LogP contribution in [0.3, 0.4) is 0 Å². The third-order valence-electron chi connectivity index (χ3n) is 5.21. The topological polar surface area (TPSA) is 82.6 Å². The minimum atomic E-state index is -3.23. The summed E-state index contributed by atoms with van der Waals surface area (Å²) in [5.41, 5.74) is 1.01. The lowest BCUT2D eigenvalue weighted by atomic mass is 9.99. The van der Waals surface area contributed by atoms with E-state index in [9.17, 15) is 13.2 Å². The van der Waals surface area contributed by atoms with Crippen molar-refractivity contribution in [3.05, 3.63) is 11.1 Å². The predicted molar refractivity (Wildman–Crippen MR) is 109 cm³/mol. The van der Waals surface area contributed by atoms with Gasteiger partial charge in [0, 0.05) is 44.5 Å². The lowest BCUT2D eigenvalue weighted by Gasteiger charge is -2.31. The molecule has 1 aromatic heterocycles. The van der Waals surface area contributed by atoms with Crippen LogP contribution in [0.2, 0.25) is 0 Å². The number of hydrogen-bond donors (Lipinski definition) is 1. The van der Waals surface area contributed by atoms with Gasteiger partial charge in [-0.2, -0.15) is 0 Å². The molecule has 2 aliphatic heterocycles. The first kappa shape index (κ1) is 20.5. The van der Waals surface area contributed by atoms with Crippen LogP contribution in [0.25, 0.3) is 0 Å². The highest BCUT2D eigenvalue weighted by atomic mass is 32.2. The Morgan fingerprint density at radius 1 is 1.30 bits per heavy atom. The molecule has 2 saturated heterocycles. The van der Waals surface area contributed by atoms with E-state index < -0.39 is 10.0 Å². The number of carbonyl (C=O) groups is 1. The van der Waals surface area contributed by atoms with Gasteiger partial charge in [-0.1, -0.05) is 6.92 Å². The second-order valence-electron chi connectivity index (χ2n) is 7.37. The number of sulfonamides is 1. The average molecular weight is 415 g/mol. The van der Waals surface area contributed by atoms with E-state index in [1.165, 1.54) is 17.1 Å². The molecule has 0 saturated carbocycles. The van der Waals surface area contributed by atoms with E-state index in [4.69, 9.17) is 0 Å². The predicted octanol–water partition coefficient (Wildman–Crippen LogP) is 1.85. The molecule has 9 heteroatoms. The molecule has 1 N–H and O–H groups in total. The van der Waals surface area contributed by atoms with Gasteiger partial charge in [0.15, 0.2) is 5.13 Å². The average Bonchev–Trinajstić information content (AvgIpc) is 3.33. The first-order chi connectivity index (χ1) is 13.0. The number of aromatic nitrogens is 1. The fraction of sp³-hybridized carbons (Fsp3) is 0.778. The van der Waals surface area contributed by atoms with Crippen molar-refractivity contribution < 1.29 is 13.2 Å². The van der Waals surface area contributed by atoms with Gasteiger partial charge in [-0.05, 0) is 32.1 Å². The smallest absolute Gasteiger partial charge is 0.224 e. The number of carbonyl (C=O) groups excluding carboxylic acids is 1. The van der Waals surface area contributed by atoms with Gasteiger partial charge in [-0.3, -0.25) is 4.79 Å². The number of hydrogen-bond acceptors (Lipinski definition) is 6. The Balaban J connectivity index is 1.45. The Hall–Kier alpha value is -1.19. The minimum Gasteiger partial charge on any atom is -0.355 e. The second kappa shape index (κ2) is 9.34. The number of amides is 1. The molecule has 7 nitrogen and oxygen atoms in total. The van der Waals surface area contributed by atoms with Crippen molar-refractivity contribution in [3.8, 4) is 0 Å². The van der Waals surface area contributed by atoms with Crippen molar-refractivity contribution in [2.75, 3.05) is 43.4 Å². The Morgan fingerprint density at radius 2 is 2.07 bits per heavy atom. The molecule has 1 amide bonds. The van der Waals surface area contributed by atoms with Crippen LogP contribution in [0.1, 0.15) is 44.7 Å². The zero-order valence-corrected chi connectivity index (χ0v) is 17.7. The molecule has 2 aliphatic rings. The van der Waals surface area contributed by atoms with Gasteiger partial charge >= 0.3 is 0 Å². The molecule has 1 aromatic rings. The summed E-state index contributed by atoms with van der Waals surface area (Å²) in [6.45, 7) is 5.42. The third-order valence-corrected chi connectivity index (χ3v) is 8.20. The van der Waals surface area contributed by atoms with Gasteiger partial charge in [0.1, 0.15) is 0 Å². The van der Waals surface area contributed by atoms with E-state index in [2.05, 4.69) is 20.6 Å². The van der Waals surface area contributed by atoms with Crippen LogP contribution in [0.15, 0.2) is 5.38 Å². The maximum atomic E-state index is 12.5. The lowest BCUT2D eigenvalue weighted by molar-refractivity contribution is -0.126. The van der Waals surface area contributed by atoms with Crippen molar-refractivity contribution in [2.45, 2.75) is 45.4 Å². The minimum absolute atomic E-state index is 0.0404. The SMILES string of the molecule is CCCS(=O)(=O)N1CCCC(C(=O)NCCc2csc(N3CCCC3)n2)C1. The molecule has 2 fully saturated rings. The first-order valence-electron chi connectivity index (χ1n) is 9.94. The molecular weight excluding hydrogens is 384 g/mol. The first-order valence-corrected chi connectivity index (χ1v) is 12.4. The molecule has 0 radical (unpaired) electrons. The lowest BCUT2D eigenvalue weighted by Crippen LogP contribution is -2.46. The van der Waals surface area contributed by atoms with Crippen molar-refractivity contribution in [1.82, 2.24) is 14.6 Å². The number of nitrogens with zero attached hydrogens (tertiary/aromatic N) is 3. The summed E-state index contributed by atoms with van der Waals surface area (Å²) in [6.07, 6.45) is 5.27. The summed E-state index contributed by atoms with van der Waals surface area (Å²) in [6, 6.07) is 0. The van der Waals surface area contributed by atoms with Crippen molar-refractivity contribution in [2.24, 2.45) is 5.92 Å². The van der Waals surface area contributed by atoms with E-state index >= 15 is 0 Å². The van der Waals surface area contributed by atoms with Crippen LogP contribution in [0, 0.1) is 5.92 Å². The number of anilines is 1. The standard InChI is InChI=1S/C18H30N4O3S2/c1-2-12-27(24,25)22-11-5-6-15(13-22)17(23)19-8-7-16-14-26-18(20-16)21-9-3-4-10-21/h14-15H,2-13H2,1H3,(H,19,23). The summed E-state index contributed by atoms with van der Waals surface area (Å²) in [7, 11) is -3.23. The number of nitrogens with one attached hydrogen (secondary N) is 1. The molecule has 3 heterocycles. The normalized spacial score (nSPS) is 21.5. The van der Waals surface area contributed by atoms with Gasteiger partial charge in [0.05, 0.1) is 17.4 Å². The van der Waals surface area contributed by atoms with Gasteiger partial charge in [-0.15, -0.1) is 11.3 Å². The van der Waals surface area contributed by atoms with Gasteiger partial charge in [0.25, 0.3) is 0 Å².